The van der Waals surface area contributed by atoms with Crippen LogP contribution < -0.4 is 0 Å². The third kappa shape index (κ3) is 5.13. The second-order valence-electron chi connectivity index (χ2n) is 5.89. The third-order valence-electron chi connectivity index (χ3n) is 4.06. The van der Waals surface area contributed by atoms with Gasteiger partial charge in [0.1, 0.15) is 11.6 Å². The molecule has 2 fully saturated rings. The van der Waals surface area contributed by atoms with Crippen LogP contribution >= 0.6 is 31.9 Å². The molecule has 0 aromatic heterocycles. The number of rotatable bonds is 2. The molecule has 2 aliphatic heterocycles. The van der Waals surface area contributed by atoms with E-state index in [4.69, 9.17) is 18.9 Å². The molecule has 146 valence electrons. The highest BCUT2D eigenvalue weighted by Crippen LogP contribution is 2.33. The van der Waals surface area contributed by atoms with E-state index in [-0.39, 0.29) is 24.2 Å². The first-order valence-electron chi connectivity index (χ1n) is 8.33. The maximum absolute atomic E-state index is 13.1. The Balaban J connectivity index is 0.000000156. The van der Waals surface area contributed by atoms with Gasteiger partial charge in [0.15, 0.2) is 12.6 Å². The van der Waals surface area contributed by atoms with Gasteiger partial charge in [0, 0.05) is 20.1 Å². The first-order chi connectivity index (χ1) is 13.0. The second kappa shape index (κ2) is 9.54. The van der Waals surface area contributed by atoms with Crippen molar-refractivity contribution in [2.45, 2.75) is 19.5 Å². The molecule has 0 spiro atoms. The van der Waals surface area contributed by atoms with E-state index in [9.17, 15) is 8.78 Å². The zero-order chi connectivity index (χ0) is 19.4. The lowest BCUT2D eigenvalue weighted by Gasteiger charge is -2.13. The molecule has 0 aliphatic carbocycles. The van der Waals surface area contributed by atoms with Crippen molar-refractivity contribution in [1.29, 1.82) is 0 Å². The molecule has 0 radical (unpaired) electrons. The summed E-state index contributed by atoms with van der Waals surface area (Å²) in [7, 11) is 0. The Morgan fingerprint density at radius 3 is 1.89 bits per heavy atom. The summed E-state index contributed by atoms with van der Waals surface area (Å²) in [5.74, 6) is -0.493. The Morgan fingerprint density at radius 2 is 1.33 bits per heavy atom. The van der Waals surface area contributed by atoms with Gasteiger partial charge in [0.2, 0.25) is 0 Å². The second-order valence-corrected chi connectivity index (χ2v) is 7.54. The van der Waals surface area contributed by atoms with Gasteiger partial charge in [-0.1, -0.05) is 15.9 Å². The highest BCUT2D eigenvalue weighted by molar-refractivity contribution is 9.10. The summed E-state index contributed by atoms with van der Waals surface area (Å²) in [6, 6.07) is 7.57. The molecular formula is C19H18Br2F2O4. The molecule has 4 rings (SSSR count). The van der Waals surface area contributed by atoms with Crippen LogP contribution in [-0.2, 0) is 18.9 Å². The summed E-state index contributed by atoms with van der Waals surface area (Å²) in [6.45, 7) is 4.09. The van der Waals surface area contributed by atoms with Gasteiger partial charge in [-0.25, -0.2) is 8.78 Å². The molecule has 8 heteroatoms. The molecule has 2 heterocycles. The number of ether oxygens (including phenoxy) is 4. The van der Waals surface area contributed by atoms with Gasteiger partial charge < -0.3 is 18.9 Å². The summed E-state index contributed by atoms with van der Waals surface area (Å²) >= 11 is 6.60. The molecule has 4 nitrogen and oxygen atoms in total. The summed E-state index contributed by atoms with van der Waals surface area (Å²) in [5.41, 5.74) is 2.27. The van der Waals surface area contributed by atoms with Crippen LogP contribution in [-0.4, -0.2) is 26.4 Å². The minimum Gasteiger partial charge on any atom is -0.346 e. The number of benzene rings is 2. The first kappa shape index (κ1) is 20.8. The Bertz CT molecular complexity index is 792. The van der Waals surface area contributed by atoms with Crippen LogP contribution in [0.25, 0.3) is 0 Å². The molecule has 0 N–H and O–H groups in total. The molecule has 0 amide bonds. The van der Waals surface area contributed by atoms with Crippen LogP contribution in [0.5, 0.6) is 0 Å². The Kier molecular flexibility index (Phi) is 7.35. The minimum atomic E-state index is -0.358. The van der Waals surface area contributed by atoms with E-state index in [1.807, 2.05) is 0 Å². The van der Waals surface area contributed by atoms with E-state index in [1.165, 1.54) is 18.2 Å². The fourth-order valence-corrected chi connectivity index (χ4v) is 3.68. The number of hydrogen-bond donors (Lipinski definition) is 0. The molecule has 2 aliphatic rings. The molecule has 0 saturated carbocycles. The highest BCUT2D eigenvalue weighted by atomic mass is 79.9. The molecular weight excluding hydrogens is 490 g/mol. The fourth-order valence-electron chi connectivity index (χ4n) is 2.63. The Hall–Kier alpha value is -0.900. The highest BCUT2D eigenvalue weighted by Gasteiger charge is 2.22. The van der Waals surface area contributed by atoms with Crippen molar-refractivity contribution in [3.05, 3.63) is 67.6 Å². The van der Waals surface area contributed by atoms with E-state index >= 15 is 0 Å². The van der Waals surface area contributed by atoms with Crippen molar-refractivity contribution < 1.29 is 27.7 Å². The quantitative estimate of drug-likeness (QED) is 0.532. The van der Waals surface area contributed by atoms with Crippen molar-refractivity contribution in [2.24, 2.45) is 0 Å². The van der Waals surface area contributed by atoms with Crippen LogP contribution in [0.15, 0.2) is 39.3 Å². The standard InChI is InChI=1S/C10H10BrFO2.C9H8BrFO2/c1-6-8(12)3-2-7(9(6)11)10-13-4-5-14-10;10-8-5-6(11)1-2-7(8)9-12-3-4-13-9/h2-3,10H,4-5H2,1H3;1-2,5,9H,3-4H2. The predicted octanol–water partition coefficient (Wildman–Crippen LogP) is 5.58. The van der Waals surface area contributed by atoms with Crippen LogP contribution in [0.1, 0.15) is 29.3 Å². The van der Waals surface area contributed by atoms with Crippen molar-refractivity contribution in [3.8, 4) is 0 Å². The average molecular weight is 508 g/mol. The van der Waals surface area contributed by atoms with E-state index in [0.717, 1.165) is 15.6 Å². The minimum absolute atomic E-state index is 0.223. The first-order valence-corrected chi connectivity index (χ1v) is 9.92. The largest absolute Gasteiger partial charge is 0.346 e. The Labute approximate surface area is 173 Å². The van der Waals surface area contributed by atoms with E-state index in [0.29, 0.717) is 36.5 Å². The van der Waals surface area contributed by atoms with Crippen molar-refractivity contribution in [2.75, 3.05) is 26.4 Å². The summed E-state index contributed by atoms with van der Waals surface area (Å²) in [5, 5.41) is 0. The normalized spacial score (nSPS) is 17.8. The topological polar surface area (TPSA) is 36.9 Å². The molecule has 0 atom stereocenters. The van der Waals surface area contributed by atoms with E-state index < -0.39 is 0 Å². The van der Waals surface area contributed by atoms with Gasteiger partial charge in [-0.05, 0) is 58.7 Å². The van der Waals surface area contributed by atoms with Gasteiger partial charge in [-0.3, -0.25) is 0 Å². The molecule has 27 heavy (non-hydrogen) atoms. The van der Waals surface area contributed by atoms with Crippen LogP contribution in [0.2, 0.25) is 0 Å². The van der Waals surface area contributed by atoms with Gasteiger partial charge in [-0.15, -0.1) is 0 Å². The third-order valence-corrected chi connectivity index (χ3v) is 5.80. The zero-order valence-electron chi connectivity index (χ0n) is 14.5. The van der Waals surface area contributed by atoms with Crippen LogP contribution in [0.3, 0.4) is 0 Å². The predicted molar refractivity (Wildman–Crippen MR) is 102 cm³/mol. The maximum atomic E-state index is 13.1. The lowest BCUT2D eigenvalue weighted by atomic mass is 10.1. The number of hydrogen-bond acceptors (Lipinski definition) is 4. The SMILES string of the molecule is Cc1c(F)ccc(C2OCCO2)c1Br.Fc1ccc(C2OCCO2)c(Br)c1. The number of halogens is 4. The average Bonchev–Trinajstić information content (AvgIpc) is 3.34. The fraction of sp³-hybridized carbons (Fsp3) is 0.368. The van der Waals surface area contributed by atoms with Crippen LogP contribution in [0.4, 0.5) is 8.78 Å². The summed E-state index contributed by atoms with van der Waals surface area (Å²) < 4.78 is 48.5. The van der Waals surface area contributed by atoms with Gasteiger partial charge in [0.25, 0.3) is 0 Å². The lowest BCUT2D eigenvalue weighted by Crippen LogP contribution is -2.01. The van der Waals surface area contributed by atoms with E-state index in [2.05, 4.69) is 31.9 Å². The van der Waals surface area contributed by atoms with E-state index in [1.54, 1.807) is 19.1 Å². The molecule has 0 unspecified atom stereocenters. The Morgan fingerprint density at radius 1 is 0.815 bits per heavy atom. The molecule has 2 aromatic rings. The summed E-state index contributed by atoms with van der Waals surface area (Å²) in [4.78, 5) is 0. The van der Waals surface area contributed by atoms with Crippen molar-refractivity contribution in [3.63, 3.8) is 0 Å². The van der Waals surface area contributed by atoms with Gasteiger partial charge in [-0.2, -0.15) is 0 Å². The molecule has 0 bridgehead atoms. The van der Waals surface area contributed by atoms with Crippen molar-refractivity contribution >= 4 is 31.9 Å². The zero-order valence-corrected chi connectivity index (χ0v) is 17.7. The summed E-state index contributed by atoms with van der Waals surface area (Å²) in [6.07, 6.45) is -0.710. The lowest BCUT2D eigenvalue weighted by molar-refractivity contribution is -0.0449. The monoisotopic (exact) mass is 506 g/mol. The molecule has 2 aromatic carbocycles. The maximum Gasteiger partial charge on any atom is 0.185 e. The molecule has 2 saturated heterocycles. The smallest absolute Gasteiger partial charge is 0.185 e. The van der Waals surface area contributed by atoms with Gasteiger partial charge in [0.05, 0.1) is 26.4 Å². The van der Waals surface area contributed by atoms with Crippen molar-refractivity contribution in [1.82, 2.24) is 0 Å². The van der Waals surface area contributed by atoms with Crippen LogP contribution in [0, 0.1) is 18.6 Å². The van der Waals surface area contributed by atoms with Gasteiger partial charge >= 0.3 is 0 Å².